The number of nitrogens with zero attached hydrogens (tertiary/aromatic N) is 2. The minimum absolute atomic E-state index is 0.191. The molecular weight excluding hydrogens is 627 g/mol. The molecule has 2 aromatic carbocycles. The summed E-state index contributed by atoms with van der Waals surface area (Å²) in [7, 11) is 1.57. The number of halogens is 3. The topological polar surface area (TPSA) is 83.0 Å². The lowest BCUT2D eigenvalue weighted by Gasteiger charge is -2.25. The van der Waals surface area contributed by atoms with Crippen molar-refractivity contribution >= 4 is 62.5 Å². The molecule has 0 saturated carbocycles. The van der Waals surface area contributed by atoms with Crippen molar-refractivity contribution in [2.45, 2.75) is 19.9 Å². The van der Waals surface area contributed by atoms with Gasteiger partial charge < -0.3 is 13.9 Å². The zero-order valence-electron chi connectivity index (χ0n) is 21.0. The molecule has 0 aliphatic carbocycles. The van der Waals surface area contributed by atoms with Gasteiger partial charge in [-0.05, 0) is 77.8 Å². The molecule has 2 aromatic heterocycles. The van der Waals surface area contributed by atoms with Crippen molar-refractivity contribution in [2.75, 3.05) is 13.7 Å². The van der Waals surface area contributed by atoms with E-state index in [0.717, 1.165) is 0 Å². The summed E-state index contributed by atoms with van der Waals surface area (Å²) in [5, 5.41) is 1.02. The summed E-state index contributed by atoms with van der Waals surface area (Å²) >= 11 is 17.2. The van der Waals surface area contributed by atoms with E-state index < -0.39 is 12.0 Å². The van der Waals surface area contributed by atoms with Crippen LogP contribution < -0.4 is 19.6 Å². The Morgan fingerprint density at radius 2 is 2.00 bits per heavy atom. The highest BCUT2D eigenvalue weighted by Gasteiger charge is 2.33. The number of carbonyl (C=O) groups excluding carboxylic acids is 1. The molecule has 0 amide bonds. The third-order valence-corrected chi connectivity index (χ3v) is 8.27. The predicted octanol–water partition coefficient (Wildman–Crippen LogP) is 6.14. The number of methoxy groups -OCH3 is 1. The van der Waals surface area contributed by atoms with Gasteiger partial charge in [0.05, 0.1) is 45.1 Å². The zero-order valence-corrected chi connectivity index (χ0v) is 24.9. The molecule has 1 atom stereocenters. The Morgan fingerprint density at radius 3 is 2.72 bits per heavy atom. The Hall–Kier alpha value is -3.11. The number of aromatic nitrogens is 1. The standard InChI is InChI=1S/C28H21BrCl2N2O5S/c1-4-37-27(35)24-14(2)32-28-33(25(24)15-5-9-22(36-3)19(29)11-15)26(34)23(39-28)13-17-7-10-21(38-17)18-12-16(30)6-8-20(18)31/h5-13,25H,4H2,1-3H3/b23-13-. The van der Waals surface area contributed by atoms with Crippen LogP contribution in [0.1, 0.15) is 31.2 Å². The quantitative estimate of drug-likeness (QED) is 0.235. The first-order valence-electron chi connectivity index (χ1n) is 11.8. The summed E-state index contributed by atoms with van der Waals surface area (Å²) < 4.78 is 19.3. The summed E-state index contributed by atoms with van der Waals surface area (Å²) in [4.78, 5) is 31.9. The molecule has 4 aromatic rings. The van der Waals surface area contributed by atoms with E-state index in [1.54, 1.807) is 63.4 Å². The van der Waals surface area contributed by atoms with Crippen LogP contribution in [-0.2, 0) is 9.53 Å². The molecule has 0 spiro atoms. The van der Waals surface area contributed by atoms with Gasteiger partial charge in [0.15, 0.2) is 4.80 Å². The van der Waals surface area contributed by atoms with Gasteiger partial charge in [0.25, 0.3) is 5.56 Å². The lowest BCUT2D eigenvalue weighted by Crippen LogP contribution is -2.39. The number of fused-ring (bicyclic) bond motifs is 1. The van der Waals surface area contributed by atoms with Gasteiger partial charge >= 0.3 is 5.97 Å². The summed E-state index contributed by atoms with van der Waals surface area (Å²) in [6.07, 6.45) is 1.65. The molecule has 0 N–H and O–H groups in total. The van der Waals surface area contributed by atoms with Crippen LogP contribution in [0.3, 0.4) is 0 Å². The number of allylic oxidation sites excluding steroid dienone is 1. The van der Waals surface area contributed by atoms with Gasteiger partial charge in [-0.3, -0.25) is 9.36 Å². The van der Waals surface area contributed by atoms with Gasteiger partial charge in [-0.25, -0.2) is 9.79 Å². The number of benzene rings is 2. The average molecular weight is 648 g/mol. The Bertz CT molecular complexity index is 1820. The molecule has 5 rings (SSSR count). The first-order valence-corrected chi connectivity index (χ1v) is 14.2. The number of hydrogen-bond donors (Lipinski definition) is 0. The van der Waals surface area contributed by atoms with Gasteiger partial charge in [0.2, 0.25) is 0 Å². The lowest BCUT2D eigenvalue weighted by atomic mass is 9.96. The maximum Gasteiger partial charge on any atom is 0.338 e. The predicted molar refractivity (Wildman–Crippen MR) is 155 cm³/mol. The highest BCUT2D eigenvalue weighted by atomic mass is 79.9. The molecule has 7 nitrogen and oxygen atoms in total. The van der Waals surface area contributed by atoms with Crippen LogP contribution in [-0.4, -0.2) is 24.3 Å². The summed E-state index contributed by atoms with van der Waals surface area (Å²) in [5.74, 6) is 1.07. The Kier molecular flexibility index (Phi) is 7.87. The van der Waals surface area contributed by atoms with Gasteiger partial charge in [-0.2, -0.15) is 0 Å². The maximum absolute atomic E-state index is 13.8. The van der Waals surface area contributed by atoms with Gasteiger partial charge in [0, 0.05) is 16.7 Å². The fourth-order valence-electron chi connectivity index (χ4n) is 4.35. The first-order chi connectivity index (χ1) is 18.7. The third kappa shape index (κ3) is 5.24. The van der Waals surface area contributed by atoms with Crippen molar-refractivity contribution in [3.05, 3.63) is 105 Å². The lowest BCUT2D eigenvalue weighted by molar-refractivity contribution is -0.139. The van der Waals surface area contributed by atoms with Crippen LogP contribution >= 0.6 is 50.5 Å². The summed E-state index contributed by atoms with van der Waals surface area (Å²) in [6, 6.07) is 13.3. The van der Waals surface area contributed by atoms with E-state index in [1.807, 2.05) is 12.1 Å². The summed E-state index contributed by atoms with van der Waals surface area (Å²) in [6.45, 7) is 3.66. The van der Waals surface area contributed by atoms with Crippen molar-refractivity contribution in [3.63, 3.8) is 0 Å². The van der Waals surface area contributed by atoms with Crippen molar-refractivity contribution in [2.24, 2.45) is 4.99 Å². The Morgan fingerprint density at radius 1 is 1.21 bits per heavy atom. The van der Waals surface area contributed by atoms with E-state index in [9.17, 15) is 9.59 Å². The molecule has 1 aliphatic rings. The van der Waals surface area contributed by atoms with Gasteiger partial charge in [-0.15, -0.1) is 0 Å². The second-order valence-electron chi connectivity index (χ2n) is 8.52. The SMILES string of the molecule is CCOC(=O)C1=C(C)N=c2s/c(=C\c3ccc(-c4cc(Cl)ccc4Cl)o3)c(=O)n2C1c1ccc(OC)c(Br)c1. The number of esters is 1. The van der Waals surface area contributed by atoms with E-state index in [1.165, 1.54) is 15.9 Å². The Balaban J connectivity index is 1.65. The molecule has 39 heavy (non-hydrogen) atoms. The van der Waals surface area contributed by atoms with E-state index in [2.05, 4.69) is 20.9 Å². The van der Waals surface area contributed by atoms with Gasteiger partial charge in [0.1, 0.15) is 17.3 Å². The van der Waals surface area contributed by atoms with Crippen LogP contribution in [0.5, 0.6) is 5.75 Å². The number of ether oxygens (including phenoxy) is 2. The van der Waals surface area contributed by atoms with E-state index in [0.29, 0.717) is 63.5 Å². The number of carbonyl (C=O) groups is 1. The van der Waals surface area contributed by atoms with Crippen LogP contribution in [0.2, 0.25) is 10.0 Å². The average Bonchev–Trinajstić information content (AvgIpc) is 3.49. The van der Waals surface area contributed by atoms with Crippen LogP contribution in [0, 0.1) is 0 Å². The van der Waals surface area contributed by atoms with Gasteiger partial charge in [-0.1, -0.05) is 40.6 Å². The molecule has 1 unspecified atom stereocenters. The Labute approximate surface area is 245 Å². The van der Waals surface area contributed by atoms with E-state index in [-0.39, 0.29) is 12.2 Å². The highest BCUT2D eigenvalue weighted by Crippen LogP contribution is 2.35. The number of furan rings is 1. The molecule has 0 saturated heterocycles. The fourth-order valence-corrected chi connectivity index (χ4v) is 6.32. The molecule has 0 bridgehead atoms. The number of hydrogen-bond acceptors (Lipinski definition) is 7. The van der Waals surface area contributed by atoms with Crippen LogP contribution in [0.25, 0.3) is 17.4 Å². The number of thiazole rings is 1. The highest BCUT2D eigenvalue weighted by molar-refractivity contribution is 9.10. The second-order valence-corrected chi connectivity index (χ2v) is 11.2. The largest absolute Gasteiger partial charge is 0.496 e. The third-order valence-electron chi connectivity index (χ3n) is 6.10. The molecule has 1 aliphatic heterocycles. The minimum Gasteiger partial charge on any atom is -0.496 e. The molecule has 200 valence electrons. The first kappa shape index (κ1) is 27.5. The van der Waals surface area contributed by atoms with Crippen molar-refractivity contribution in [1.29, 1.82) is 0 Å². The maximum atomic E-state index is 13.8. The smallest absolute Gasteiger partial charge is 0.338 e. The molecule has 0 radical (unpaired) electrons. The zero-order chi connectivity index (χ0) is 27.8. The van der Waals surface area contributed by atoms with Crippen molar-refractivity contribution in [3.8, 4) is 17.1 Å². The number of rotatable bonds is 6. The molecule has 0 fully saturated rings. The van der Waals surface area contributed by atoms with Crippen molar-refractivity contribution < 1.29 is 18.7 Å². The molecule has 3 heterocycles. The molecular formula is C28H21BrCl2N2O5S. The monoisotopic (exact) mass is 646 g/mol. The van der Waals surface area contributed by atoms with E-state index >= 15 is 0 Å². The van der Waals surface area contributed by atoms with Crippen molar-refractivity contribution in [1.82, 2.24) is 4.57 Å². The fraction of sp³-hybridized carbons (Fsp3) is 0.179. The summed E-state index contributed by atoms with van der Waals surface area (Å²) in [5.41, 5.74) is 1.80. The molecule has 11 heteroatoms. The van der Waals surface area contributed by atoms with Crippen LogP contribution in [0.15, 0.2) is 78.5 Å². The second kappa shape index (κ2) is 11.2. The normalized spacial score (nSPS) is 15.2. The van der Waals surface area contributed by atoms with E-state index in [4.69, 9.17) is 37.1 Å². The minimum atomic E-state index is -0.748. The van der Waals surface area contributed by atoms with Crippen LogP contribution in [0.4, 0.5) is 0 Å².